The van der Waals surface area contributed by atoms with Crippen LogP contribution in [0.5, 0.6) is 0 Å². The van der Waals surface area contributed by atoms with Crippen LogP contribution in [0.3, 0.4) is 0 Å². The van der Waals surface area contributed by atoms with E-state index in [9.17, 15) is 0 Å². The van der Waals surface area contributed by atoms with Crippen molar-refractivity contribution in [3.8, 4) is 0 Å². The first-order valence-electron chi connectivity index (χ1n) is 0.888. The minimum absolute atomic E-state index is 0.120. The van der Waals surface area contributed by atoms with Gasteiger partial charge in [0.05, 0.1) is 8.93 Å². The Kier molecular flexibility index (Phi) is 2.73. The Hall–Kier alpha value is 0.950. The average molecular weight is 111 g/mol. The van der Waals surface area contributed by atoms with E-state index < -0.39 is 0 Å². The summed E-state index contributed by atoms with van der Waals surface area (Å²) in [6.07, 6.45) is -0.120. The quantitative estimate of drug-likeness (QED) is 0.425. The first kappa shape index (κ1) is 4.95. The third-order valence-electron chi connectivity index (χ3n) is 0. The second kappa shape index (κ2) is 2.20. The highest BCUT2D eigenvalue weighted by molar-refractivity contribution is 8.33. The lowest BCUT2D eigenvalue weighted by atomic mass is 12.0. The molecular weight excluding hydrogens is 106 g/mol. The summed E-state index contributed by atoms with van der Waals surface area (Å²) in [7, 11) is 2.54. The highest BCUT2D eigenvalue weighted by Gasteiger charge is 1.73. The zero-order valence-corrected chi connectivity index (χ0v) is 5.30. The van der Waals surface area contributed by atoms with Gasteiger partial charge in [-0.1, -0.05) is 0 Å². The highest BCUT2D eigenvalue weighted by Crippen LogP contribution is 2.23. The normalized spacial score (nSPS) is 11.0. The van der Waals surface area contributed by atoms with Crippen molar-refractivity contribution in [2.75, 3.05) is 6.66 Å². The summed E-state index contributed by atoms with van der Waals surface area (Å²) in [4.78, 5) is 0. The van der Waals surface area contributed by atoms with Crippen molar-refractivity contribution >= 4 is 27.1 Å². The van der Waals surface area contributed by atoms with E-state index in [0.717, 1.165) is 0 Å². The van der Waals surface area contributed by atoms with E-state index >= 15 is 0 Å². The maximum atomic E-state index is 4.65. The number of rotatable bonds is 0. The van der Waals surface area contributed by atoms with Crippen LogP contribution in [0.2, 0.25) is 0 Å². The van der Waals surface area contributed by atoms with Crippen LogP contribution in [0.1, 0.15) is 0 Å². The maximum Gasteiger partial charge on any atom is 0.183 e. The molecule has 0 saturated heterocycles. The van der Waals surface area contributed by atoms with Crippen molar-refractivity contribution in [3.63, 3.8) is 0 Å². The Bertz CT molecular complexity index is 29.0. The Balaban J connectivity index is 2.80. The van der Waals surface area contributed by atoms with Gasteiger partial charge in [-0.25, -0.2) is 0 Å². The van der Waals surface area contributed by atoms with Gasteiger partial charge in [0.15, 0.2) is 18.2 Å². The molecule has 0 bridgehead atoms. The molecule has 0 radical (unpaired) electrons. The van der Waals surface area contributed by atoms with Crippen molar-refractivity contribution in [3.05, 3.63) is 0 Å². The molecule has 3 heteroatoms. The SMILES string of the molecule is C[P+](P)=S. The lowest BCUT2D eigenvalue weighted by molar-refractivity contribution is 2.51. The van der Waals surface area contributed by atoms with Gasteiger partial charge in [-0.2, -0.15) is 0 Å². The summed E-state index contributed by atoms with van der Waals surface area (Å²) in [5, 5.41) is 0. The van der Waals surface area contributed by atoms with Crippen molar-refractivity contribution in [1.82, 2.24) is 0 Å². The maximum absolute atomic E-state index is 4.65. The number of hydrogen-bond donors (Lipinski definition) is 0. The van der Waals surface area contributed by atoms with Gasteiger partial charge in [0.1, 0.15) is 6.66 Å². The zero-order chi connectivity index (χ0) is 3.58. The molecule has 0 fully saturated rings. The summed E-state index contributed by atoms with van der Waals surface area (Å²) < 4.78 is 0. The van der Waals surface area contributed by atoms with Gasteiger partial charge in [0.2, 0.25) is 0 Å². The van der Waals surface area contributed by atoms with Crippen LogP contribution in [0, 0.1) is 0 Å². The molecule has 0 saturated carbocycles. The van der Waals surface area contributed by atoms with Gasteiger partial charge in [0.25, 0.3) is 0 Å². The summed E-state index contributed by atoms with van der Waals surface area (Å²) in [6.45, 7) is 2.01. The molecular formula is CH5P2S+. The van der Waals surface area contributed by atoms with Gasteiger partial charge in [0, 0.05) is 0 Å². The zero-order valence-electron chi connectivity index (χ0n) is 2.43. The lowest BCUT2D eigenvalue weighted by Gasteiger charge is -1.43. The molecule has 4 heavy (non-hydrogen) atoms. The van der Waals surface area contributed by atoms with Crippen LogP contribution >= 0.6 is 15.3 Å². The van der Waals surface area contributed by atoms with Crippen LogP contribution in [-0.2, 0) is 11.8 Å². The first-order chi connectivity index (χ1) is 1.73. The van der Waals surface area contributed by atoms with Crippen molar-refractivity contribution in [2.24, 2.45) is 0 Å². The summed E-state index contributed by atoms with van der Waals surface area (Å²) in [5.74, 6) is 0. The largest absolute Gasteiger partial charge is 0.183 e. The van der Waals surface area contributed by atoms with E-state index in [4.69, 9.17) is 0 Å². The smallest absolute Gasteiger partial charge is 0.0997 e. The van der Waals surface area contributed by atoms with Crippen LogP contribution in [0.15, 0.2) is 0 Å². The van der Waals surface area contributed by atoms with Gasteiger partial charge in [-0.3, -0.25) is 0 Å². The van der Waals surface area contributed by atoms with Crippen molar-refractivity contribution < 1.29 is 0 Å². The standard InChI is InChI=1S/CH5P2S/c1-3(2)4/h2H2,1H3/q+1. The molecule has 0 heterocycles. The fourth-order valence-electron chi connectivity index (χ4n) is 0. The molecule has 24 valence electrons. The van der Waals surface area contributed by atoms with E-state index in [1.807, 2.05) is 6.66 Å². The summed E-state index contributed by atoms with van der Waals surface area (Å²) in [5.41, 5.74) is 0. The third-order valence-corrected chi connectivity index (χ3v) is 0. The molecule has 0 N–H and O–H groups in total. The molecule has 2 unspecified atom stereocenters. The van der Waals surface area contributed by atoms with Gasteiger partial charge >= 0.3 is 0 Å². The minimum atomic E-state index is -0.120. The topological polar surface area (TPSA) is 0 Å². The Morgan fingerprint density at radius 3 is 2.00 bits per heavy atom. The van der Waals surface area contributed by atoms with E-state index in [-0.39, 0.29) is 6.39 Å². The molecule has 0 aliphatic carbocycles. The molecule has 0 aliphatic heterocycles. The van der Waals surface area contributed by atoms with E-state index in [0.29, 0.717) is 0 Å². The fraction of sp³-hybridized carbons (Fsp3) is 1.00. The van der Waals surface area contributed by atoms with E-state index in [1.165, 1.54) is 0 Å². The van der Waals surface area contributed by atoms with Crippen LogP contribution in [0.4, 0.5) is 0 Å². The molecule has 0 nitrogen and oxygen atoms in total. The summed E-state index contributed by atoms with van der Waals surface area (Å²) >= 11 is 4.65. The monoisotopic (exact) mass is 111 g/mol. The van der Waals surface area contributed by atoms with Gasteiger partial charge in [-0.15, -0.1) is 0 Å². The average Bonchev–Trinajstić information content (AvgIpc) is 0.811. The second-order valence-electron chi connectivity index (χ2n) is 0.546. The lowest BCUT2D eigenvalue weighted by Crippen LogP contribution is -1.14. The predicted octanol–water partition coefficient (Wildman–Crippen LogP) is 1.35. The number of hydrogen-bond acceptors (Lipinski definition) is 1. The van der Waals surface area contributed by atoms with Gasteiger partial charge < -0.3 is 0 Å². The van der Waals surface area contributed by atoms with Crippen molar-refractivity contribution in [2.45, 2.75) is 0 Å². The minimum Gasteiger partial charge on any atom is 0.0997 e. The van der Waals surface area contributed by atoms with Crippen LogP contribution < -0.4 is 0 Å². The van der Waals surface area contributed by atoms with Gasteiger partial charge in [-0.05, 0) is 0 Å². The second-order valence-corrected chi connectivity index (χ2v) is 6.81. The molecule has 2 atom stereocenters. The van der Waals surface area contributed by atoms with E-state index in [1.54, 1.807) is 0 Å². The van der Waals surface area contributed by atoms with Crippen LogP contribution in [-0.4, -0.2) is 6.66 Å². The van der Waals surface area contributed by atoms with E-state index in [2.05, 4.69) is 20.7 Å². The van der Waals surface area contributed by atoms with Crippen LogP contribution in [0.25, 0.3) is 0 Å². The predicted molar refractivity (Wildman–Crippen MR) is 29.9 cm³/mol. The molecule has 0 aliphatic rings. The third kappa shape index (κ3) is 12.4. The molecule has 0 amide bonds. The highest BCUT2D eigenvalue weighted by atomic mass is 32.6. The molecule has 0 spiro atoms. The molecule has 0 aromatic rings. The Labute approximate surface area is 34.5 Å². The first-order valence-corrected chi connectivity index (χ1v) is 5.31. The molecule has 0 aromatic heterocycles. The Morgan fingerprint density at radius 2 is 2.00 bits per heavy atom. The summed E-state index contributed by atoms with van der Waals surface area (Å²) in [6, 6.07) is 0. The fourth-order valence-corrected chi connectivity index (χ4v) is 0. The Morgan fingerprint density at radius 1 is 2.00 bits per heavy atom. The molecule has 0 aromatic carbocycles. The van der Waals surface area contributed by atoms with Crippen molar-refractivity contribution in [1.29, 1.82) is 0 Å². The molecule has 0 rings (SSSR count).